The third-order valence-electron chi connectivity index (χ3n) is 2.17. The third kappa shape index (κ3) is 65.2. The summed E-state index contributed by atoms with van der Waals surface area (Å²) in [5.41, 5.74) is 1.36. The van der Waals surface area contributed by atoms with Gasteiger partial charge in [0.15, 0.2) is 0 Å². The second kappa shape index (κ2) is 16.5. The van der Waals surface area contributed by atoms with Crippen molar-refractivity contribution in [2.24, 2.45) is 0 Å². The highest BCUT2D eigenvalue weighted by Crippen LogP contribution is 2.36. The summed E-state index contributed by atoms with van der Waals surface area (Å²) in [6.45, 7) is 2.00. The normalized spacial score (nSPS) is 13.2. The molecule has 0 amide bonds. The van der Waals surface area contributed by atoms with Crippen molar-refractivity contribution >= 4 is 31.6 Å². The Morgan fingerprint density at radius 2 is 1.00 bits per heavy atom. The lowest BCUT2D eigenvalue weighted by atomic mass is 10.2. The third-order valence-corrected chi connectivity index (χ3v) is 2.17. The van der Waals surface area contributed by atoms with Crippen LogP contribution in [0.2, 0.25) is 0 Å². The molecule has 22 heteroatoms. The van der Waals surface area contributed by atoms with Crippen molar-refractivity contribution in [2.45, 2.75) is 6.54 Å². The average Bonchev–Trinajstić information content (AvgIpc) is 2.86. The van der Waals surface area contributed by atoms with Gasteiger partial charge in [0.2, 0.25) is 0 Å². The van der Waals surface area contributed by atoms with Gasteiger partial charge in [0.25, 0.3) is 0 Å². The van der Waals surface area contributed by atoms with Crippen molar-refractivity contribution in [3.63, 3.8) is 0 Å². The summed E-state index contributed by atoms with van der Waals surface area (Å²) < 4.78 is 76.1. The largest absolute Gasteiger partial charge is 0.507 e. The molecule has 1 aromatic carbocycles. The van der Waals surface area contributed by atoms with E-state index in [4.69, 9.17) is 57.4 Å². The molecule has 0 unspecified atom stereocenters. The van der Waals surface area contributed by atoms with Gasteiger partial charge in [0, 0.05) is 26.0 Å². The van der Waals surface area contributed by atoms with Crippen LogP contribution in [0, 0.1) is 0 Å². The highest BCUT2D eigenvalue weighted by Gasteiger charge is 2.08. The SMILES string of the molecule is CN1C=CN(Cc2ccccc2)C1.O=P(O)(O)F.O=P(O)(O)F.O=P(O)(O)F.O=P(O)(O)F. The topological polar surface area (TPSA) is 237 Å². The summed E-state index contributed by atoms with van der Waals surface area (Å²) in [5.74, 6) is 0. The Morgan fingerprint density at radius 3 is 1.24 bits per heavy atom. The molecule has 1 aliphatic heterocycles. The van der Waals surface area contributed by atoms with Crippen LogP contribution in [0.5, 0.6) is 0 Å². The predicted octanol–water partition coefficient (Wildman–Crippen LogP) is 2.06. The molecule has 1 aliphatic rings. The minimum absolute atomic E-state index is 0.995. The number of nitrogens with zero attached hydrogens (tertiary/aromatic N) is 2. The van der Waals surface area contributed by atoms with Gasteiger partial charge in [0.05, 0.1) is 6.67 Å². The zero-order chi connectivity index (χ0) is 27.1. The first-order valence-electron chi connectivity index (χ1n) is 7.52. The Labute approximate surface area is 184 Å². The van der Waals surface area contributed by atoms with Crippen LogP contribution in [-0.4, -0.2) is 62.7 Å². The van der Waals surface area contributed by atoms with E-state index in [0.29, 0.717) is 0 Å². The van der Waals surface area contributed by atoms with Crippen molar-refractivity contribution in [3.05, 3.63) is 48.3 Å². The molecule has 0 fully saturated rings. The molecule has 0 aromatic heterocycles. The quantitative estimate of drug-likeness (QED) is 0.187. The van der Waals surface area contributed by atoms with E-state index in [1.54, 1.807) is 0 Å². The van der Waals surface area contributed by atoms with Crippen molar-refractivity contribution in [2.75, 3.05) is 13.7 Å². The van der Waals surface area contributed by atoms with Crippen molar-refractivity contribution in [1.82, 2.24) is 9.80 Å². The number of halogens is 4. The first-order valence-corrected chi connectivity index (χ1v) is 13.5. The lowest BCUT2D eigenvalue weighted by Gasteiger charge is -2.17. The maximum Gasteiger partial charge on any atom is 0.507 e. The summed E-state index contributed by atoms with van der Waals surface area (Å²) >= 11 is 0. The molecule has 0 atom stereocenters. The van der Waals surface area contributed by atoms with Crippen molar-refractivity contribution in [3.8, 4) is 0 Å². The fourth-order valence-electron chi connectivity index (χ4n) is 1.51. The lowest BCUT2D eigenvalue weighted by molar-refractivity contribution is 0.291. The van der Waals surface area contributed by atoms with Crippen molar-refractivity contribution in [1.29, 1.82) is 0 Å². The average molecular weight is 574 g/mol. The fourth-order valence-corrected chi connectivity index (χ4v) is 1.51. The molecular formula is C11H22F4N2O12P4. The standard InChI is InChI=1S/C11H14N2.4FH2O3P/c1-12-7-8-13(10-12)9-11-5-3-2-4-6-11;4*1-5(2,3)4/h2-8H,9-10H2,1H3;4*(H2,2,3,4). The van der Waals surface area contributed by atoms with E-state index in [-0.39, 0.29) is 0 Å². The lowest BCUT2D eigenvalue weighted by Crippen LogP contribution is -2.21. The van der Waals surface area contributed by atoms with E-state index in [2.05, 4.69) is 59.6 Å². The van der Waals surface area contributed by atoms with Gasteiger partial charge in [-0.3, -0.25) is 39.1 Å². The summed E-state index contributed by atoms with van der Waals surface area (Å²) in [7, 11) is -18.5. The van der Waals surface area contributed by atoms with E-state index in [1.807, 2.05) is 0 Å². The number of rotatable bonds is 2. The Hall–Kier alpha value is -1.12. The van der Waals surface area contributed by atoms with Gasteiger partial charge < -0.3 is 9.80 Å². The van der Waals surface area contributed by atoms with Crippen LogP contribution < -0.4 is 0 Å². The molecule has 0 saturated carbocycles. The molecule has 0 spiro atoms. The van der Waals surface area contributed by atoms with Crippen LogP contribution in [0.4, 0.5) is 16.8 Å². The van der Waals surface area contributed by atoms with Gasteiger partial charge in [-0.15, -0.1) is 16.8 Å². The summed E-state index contributed by atoms with van der Waals surface area (Å²) in [6.07, 6.45) is 4.23. The van der Waals surface area contributed by atoms with E-state index in [9.17, 15) is 16.8 Å². The highest BCUT2D eigenvalue weighted by atomic mass is 31.2. The molecular weight excluding hydrogens is 552 g/mol. The van der Waals surface area contributed by atoms with Crippen LogP contribution in [0.25, 0.3) is 0 Å². The second-order valence-corrected chi connectivity index (χ2v) is 9.10. The Bertz CT molecular complexity index is 758. The number of hydrogen-bond acceptors (Lipinski definition) is 6. The molecule has 0 bridgehead atoms. The molecule has 33 heavy (non-hydrogen) atoms. The first-order chi connectivity index (χ1) is 14.3. The number of benzene rings is 1. The van der Waals surface area contributed by atoms with Crippen LogP contribution >= 0.6 is 31.6 Å². The first kappa shape index (κ1) is 36.4. The van der Waals surface area contributed by atoms with E-state index in [0.717, 1.165) is 13.2 Å². The molecule has 1 heterocycles. The fraction of sp³-hybridized carbons (Fsp3) is 0.273. The highest BCUT2D eigenvalue weighted by molar-refractivity contribution is 7.46. The van der Waals surface area contributed by atoms with Crippen LogP contribution in [-0.2, 0) is 24.8 Å². The van der Waals surface area contributed by atoms with Gasteiger partial charge in [-0.1, -0.05) is 30.3 Å². The second-order valence-electron chi connectivity index (χ2n) is 5.32. The molecule has 2 rings (SSSR count). The van der Waals surface area contributed by atoms with Crippen LogP contribution in [0.1, 0.15) is 5.56 Å². The van der Waals surface area contributed by atoms with Gasteiger partial charge >= 0.3 is 31.6 Å². The zero-order valence-electron chi connectivity index (χ0n) is 16.4. The molecule has 1 aromatic rings. The van der Waals surface area contributed by atoms with Gasteiger partial charge in [-0.2, -0.15) is 0 Å². The zero-order valence-corrected chi connectivity index (χ0v) is 19.9. The predicted molar refractivity (Wildman–Crippen MR) is 106 cm³/mol. The van der Waals surface area contributed by atoms with Gasteiger partial charge in [-0.25, -0.2) is 18.3 Å². The minimum atomic E-state index is -5.14. The van der Waals surface area contributed by atoms with Gasteiger partial charge in [-0.05, 0) is 5.56 Å². The summed E-state index contributed by atoms with van der Waals surface area (Å²) in [5, 5.41) is 0. The Kier molecular flexibility index (Phi) is 18.2. The summed E-state index contributed by atoms with van der Waals surface area (Å²) in [4.78, 5) is 60.2. The molecule has 0 saturated heterocycles. The minimum Gasteiger partial charge on any atom is -0.362 e. The summed E-state index contributed by atoms with van der Waals surface area (Å²) in [6, 6.07) is 10.5. The van der Waals surface area contributed by atoms with E-state index >= 15 is 0 Å². The number of hydrogen-bond donors (Lipinski definition) is 8. The molecule has 196 valence electrons. The van der Waals surface area contributed by atoms with Crippen LogP contribution in [0.3, 0.4) is 0 Å². The van der Waals surface area contributed by atoms with Gasteiger partial charge in [0.1, 0.15) is 0 Å². The van der Waals surface area contributed by atoms with Crippen molar-refractivity contribution < 1.29 is 74.2 Å². The molecule has 14 nitrogen and oxygen atoms in total. The molecule has 8 N–H and O–H groups in total. The molecule has 0 radical (unpaired) electrons. The van der Waals surface area contributed by atoms with Crippen LogP contribution in [0.15, 0.2) is 42.7 Å². The monoisotopic (exact) mass is 574 g/mol. The van der Waals surface area contributed by atoms with E-state index in [1.165, 1.54) is 5.56 Å². The molecule has 0 aliphatic carbocycles. The van der Waals surface area contributed by atoms with E-state index < -0.39 is 31.6 Å². The smallest absolute Gasteiger partial charge is 0.362 e. The maximum atomic E-state index is 10.4. The maximum absolute atomic E-state index is 10.4. The Morgan fingerprint density at radius 1 is 0.697 bits per heavy atom. The Balaban J connectivity index is -0.000000381.